The van der Waals surface area contributed by atoms with E-state index in [1.165, 1.54) is 0 Å². The summed E-state index contributed by atoms with van der Waals surface area (Å²) in [6.45, 7) is 3.96. The van der Waals surface area contributed by atoms with Crippen molar-refractivity contribution < 1.29 is 14.3 Å². The largest absolute Gasteiger partial charge is 0.496 e. The van der Waals surface area contributed by atoms with Gasteiger partial charge in [-0.3, -0.25) is 14.9 Å². The van der Waals surface area contributed by atoms with E-state index >= 15 is 0 Å². The van der Waals surface area contributed by atoms with Crippen LogP contribution in [0.15, 0.2) is 42.5 Å². The monoisotopic (exact) mass is 511 g/mol. The molecule has 0 saturated carbocycles. The van der Waals surface area contributed by atoms with Crippen molar-refractivity contribution in [3.05, 3.63) is 57.2 Å². The number of rotatable bonds is 6. The van der Waals surface area contributed by atoms with Gasteiger partial charge >= 0.3 is 0 Å². The second-order valence-corrected chi connectivity index (χ2v) is 7.69. The maximum Gasteiger partial charge on any atom is 0.257 e. The summed E-state index contributed by atoms with van der Waals surface area (Å²) in [5.74, 6) is 0.217. The van der Waals surface area contributed by atoms with Gasteiger partial charge < -0.3 is 15.4 Å². The van der Waals surface area contributed by atoms with E-state index < -0.39 is 0 Å². The van der Waals surface area contributed by atoms with E-state index in [0.717, 1.165) is 9.99 Å². The number of carbonyl (C=O) groups is 2. The SMILES string of the molecule is CCC(C)NC(=O)c1cccc(NC(=S)NC(=O)c2ccc(OC)c(I)c2)c1. The van der Waals surface area contributed by atoms with Gasteiger partial charge in [0.25, 0.3) is 11.8 Å². The molecule has 2 aromatic carbocycles. The normalized spacial score (nSPS) is 11.3. The van der Waals surface area contributed by atoms with E-state index in [9.17, 15) is 9.59 Å². The number of nitrogens with one attached hydrogen (secondary N) is 3. The Kier molecular flexibility index (Phi) is 8.18. The number of benzene rings is 2. The summed E-state index contributed by atoms with van der Waals surface area (Å²) in [4.78, 5) is 24.6. The first-order valence-electron chi connectivity index (χ1n) is 8.70. The predicted molar refractivity (Wildman–Crippen MR) is 123 cm³/mol. The molecular weight excluding hydrogens is 489 g/mol. The summed E-state index contributed by atoms with van der Waals surface area (Å²) in [5.41, 5.74) is 1.60. The van der Waals surface area contributed by atoms with E-state index in [0.29, 0.717) is 22.6 Å². The fraction of sp³-hybridized carbons (Fsp3) is 0.250. The van der Waals surface area contributed by atoms with Crippen molar-refractivity contribution in [2.45, 2.75) is 26.3 Å². The van der Waals surface area contributed by atoms with Gasteiger partial charge in [0.15, 0.2) is 5.11 Å². The first-order valence-corrected chi connectivity index (χ1v) is 10.2. The van der Waals surface area contributed by atoms with Crippen LogP contribution < -0.4 is 20.7 Å². The Morgan fingerprint density at radius 1 is 1.14 bits per heavy atom. The van der Waals surface area contributed by atoms with Crippen LogP contribution in [0.25, 0.3) is 0 Å². The van der Waals surface area contributed by atoms with Crippen molar-refractivity contribution in [3.63, 3.8) is 0 Å². The average Bonchev–Trinajstić information content (AvgIpc) is 2.67. The van der Waals surface area contributed by atoms with Gasteiger partial charge in [0, 0.05) is 22.9 Å². The number of thiocarbonyl (C=S) groups is 1. The van der Waals surface area contributed by atoms with Gasteiger partial charge in [0.05, 0.1) is 10.7 Å². The van der Waals surface area contributed by atoms with E-state index in [4.69, 9.17) is 17.0 Å². The minimum absolute atomic E-state index is 0.0942. The Bertz CT molecular complexity index is 889. The van der Waals surface area contributed by atoms with Crippen LogP contribution >= 0.6 is 34.8 Å². The molecule has 2 amide bonds. The molecule has 0 spiro atoms. The highest BCUT2D eigenvalue weighted by atomic mass is 127. The molecule has 2 aromatic rings. The van der Waals surface area contributed by atoms with Gasteiger partial charge in [-0.05, 0) is 84.6 Å². The number of methoxy groups -OCH3 is 1. The summed E-state index contributed by atoms with van der Waals surface area (Å²) >= 11 is 7.32. The summed E-state index contributed by atoms with van der Waals surface area (Å²) in [6.07, 6.45) is 0.851. The number of halogens is 1. The van der Waals surface area contributed by atoms with Crippen molar-refractivity contribution in [1.82, 2.24) is 10.6 Å². The molecule has 0 bridgehead atoms. The van der Waals surface area contributed by atoms with Gasteiger partial charge in [-0.15, -0.1) is 0 Å². The lowest BCUT2D eigenvalue weighted by Crippen LogP contribution is -2.34. The highest BCUT2D eigenvalue weighted by Crippen LogP contribution is 2.21. The van der Waals surface area contributed by atoms with Gasteiger partial charge in [-0.1, -0.05) is 13.0 Å². The lowest BCUT2D eigenvalue weighted by atomic mass is 10.1. The van der Waals surface area contributed by atoms with Crippen LogP contribution in [0.2, 0.25) is 0 Å². The van der Waals surface area contributed by atoms with Crippen LogP contribution in [0.4, 0.5) is 5.69 Å². The number of amides is 2. The molecule has 0 aliphatic carbocycles. The zero-order valence-corrected chi connectivity index (χ0v) is 18.8. The standard InChI is InChI=1S/C20H22IN3O3S/c1-4-12(2)22-18(25)13-6-5-7-15(10-13)23-20(28)24-19(26)14-8-9-17(27-3)16(21)11-14/h5-12H,4H2,1-3H3,(H,22,25)(H2,23,24,26,28). The minimum atomic E-state index is -0.330. The Morgan fingerprint density at radius 2 is 1.86 bits per heavy atom. The number of hydrogen-bond donors (Lipinski definition) is 3. The minimum Gasteiger partial charge on any atom is -0.496 e. The zero-order valence-electron chi connectivity index (χ0n) is 15.8. The Hall–Kier alpha value is -2.20. The van der Waals surface area contributed by atoms with E-state index in [1.807, 2.05) is 13.8 Å². The number of anilines is 1. The predicted octanol–water partition coefficient (Wildman–Crippen LogP) is 3.95. The third-order valence-corrected chi connectivity index (χ3v) is 5.06. The Morgan fingerprint density at radius 3 is 2.50 bits per heavy atom. The summed E-state index contributed by atoms with van der Waals surface area (Å²) in [7, 11) is 1.58. The summed E-state index contributed by atoms with van der Waals surface area (Å²) in [5, 5.41) is 8.63. The van der Waals surface area contributed by atoms with E-state index in [2.05, 4.69) is 38.5 Å². The molecule has 148 valence electrons. The Balaban J connectivity index is 2.01. The molecular formula is C20H22IN3O3S. The zero-order chi connectivity index (χ0) is 20.7. The van der Waals surface area contributed by atoms with Crippen LogP contribution in [0.3, 0.4) is 0 Å². The topological polar surface area (TPSA) is 79.5 Å². The highest BCUT2D eigenvalue weighted by Gasteiger charge is 2.12. The molecule has 1 atom stereocenters. The van der Waals surface area contributed by atoms with Crippen molar-refractivity contribution in [3.8, 4) is 5.75 Å². The Labute approximate surface area is 183 Å². The van der Waals surface area contributed by atoms with Gasteiger partial charge in [-0.25, -0.2) is 0 Å². The van der Waals surface area contributed by atoms with Crippen LogP contribution in [0.5, 0.6) is 5.75 Å². The van der Waals surface area contributed by atoms with Crippen LogP contribution in [-0.2, 0) is 0 Å². The second kappa shape index (κ2) is 10.4. The third-order valence-electron chi connectivity index (χ3n) is 4.01. The molecule has 0 aromatic heterocycles. The van der Waals surface area contributed by atoms with Crippen molar-refractivity contribution in [2.75, 3.05) is 12.4 Å². The maximum absolute atomic E-state index is 12.4. The first kappa shape index (κ1) is 22.1. The van der Waals surface area contributed by atoms with Crippen molar-refractivity contribution in [2.24, 2.45) is 0 Å². The molecule has 0 heterocycles. The molecule has 1 unspecified atom stereocenters. The third kappa shape index (κ3) is 6.16. The highest BCUT2D eigenvalue weighted by molar-refractivity contribution is 14.1. The van der Waals surface area contributed by atoms with Gasteiger partial charge in [-0.2, -0.15) is 0 Å². The average molecular weight is 511 g/mol. The molecule has 6 nitrogen and oxygen atoms in total. The first-order chi connectivity index (χ1) is 13.3. The van der Waals surface area contributed by atoms with Gasteiger partial charge in [0.2, 0.25) is 0 Å². The van der Waals surface area contributed by atoms with Crippen molar-refractivity contribution >= 4 is 57.4 Å². The summed E-state index contributed by atoms with van der Waals surface area (Å²) < 4.78 is 6.02. The second-order valence-electron chi connectivity index (χ2n) is 6.12. The smallest absolute Gasteiger partial charge is 0.257 e. The van der Waals surface area contributed by atoms with E-state index in [1.54, 1.807) is 49.6 Å². The fourth-order valence-electron chi connectivity index (χ4n) is 2.29. The molecule has 0 radical (unpaired) electrons. The molecule has 0 saturated heterocycles. The maximum atomic E-state index is 12.4. The fourth-order valence-corrected chi connectivity index (χ4v) is 3.24. The number of ether oxygens (including phenoxy) is 1. The van der Waals surface area contributed by atoms with Crippen molar-refractivity contribution in [1.29, 1.82) is 0 Å². The summed E-state index contributed by atoms with van der Waals surface area (Å²) in [6, 6.07) is 12.1. The van der Waals surface area contributed by atoms with Crippen LogP contribution in [-0.4, -0.2) is 30.1 Å². The molecule has 2 rings (SSSR count). The molecule has 28 heavy (non-hydrogen) atoms. The molecule has 0 aliphatic rings. The molecule has 8 heteroatoms. The lowest BCUT2D eigenvalue weighted by Gasteiger charge is -2.13. The van der Waals surface area contributed by atoms with Crippen LogP contribution in [0, 0.1) is 3.57 Å². The number of hydrogen-bond acceptors (Lipinski definition) is 4. The molecule has 0 fully saturated rings. The van der Waals surface area contributed by atoms with E-state index in [-0.39, 0.29) is 23.0 Å². The molecule has 0 aliphatic heterocycles. The van der Waals surface area contributed by atoms with Gasteiger partial charge in [0.1, 0.15) is 5.75 Å². The lowest BCUT2D eigenvalue weighted by molar-refractivity contribution is 0.0937. The molecule has 3 N–H and O–H groups in total. The quantitative estimate of drug-likeness (QED) is 0.405. The number of carbonyl (C=O) groups excluding carboxylic acids is 2. The van der Waals surface area contributed by atoms with Crippen LogP contribution in [0.1, 0.15) is 41.0 Å².